The lowest BCUT2D eigenvalue weighted by Crippen LogP contribution is -2.62. The van der Waals surface area contributed by atoms with Gasteiger partial charge in [0, 0.05) is 37.1 Å². The van der Waals surface area contributed by atoms with E-state index in [1.54, 1.807) is 0 Å². The minimum absolute atomic E-state index is 0.0514. The van der Waals surface area contributed by atoms with Crippen molar-refractivity contribution in [1.82, 2.24) is 4.90 Å². The van der Waals surface area contributed by atoms with Crippen molar-refractivity contribution in [1.29, 1.82) is 0 Å². The van der Waals surface area contributed by atoms with Crippen molar-refractivity contribution in [3.05, 3.63) is 12.2 Å². The average Bonchev–Trinajstić information content (AvgIpc) is 3.25. The van der Waals surface area contributed by atoms with Crippen LogP contribution < -0.4 is 0 Å². The van der Waals surface area contributed by atoms with Crippen LogP contribution in [0, 0.1) is 28.6 Å². The van der Waals surface area contributed by atoms with Crippen LogP contribution in [0.1, 0.15) is 85.5 Å². The molecule has 5 rings (SSSR count). The predicted molar refractivity (Wildman–Crippen MR) is 128 cm³/mol. The first-order valence-electron chi connectivity index (χ1n) is 13.6. The van der Waals surface area contributed by atoms with Gasteiger partial charge >= 0.3 is 0 Å². The number of likely N-dealkylation sites (tertiary alicyclic amines) is 1. The molecule has 0 spiro atoms. The van der Waals surface area contributed by atoms with Gasteiger partial charge in [0.05, 0.1) is 18.8 Å². The molecule has 3 aliphatic carbocycles. The zero-order valence-corrected chi connectivity index (χ0v) is 21.1. The molecule has 0 aromatic carbocycles. The fourth-order valence-corrected chi connectivity index (χ4v) is 8.21. The first-order chi connectivity index (χ1) is 15.3. The Morgan fingerprint density at radius 3 is 2.56 bits per heavy atom. The van der Waals surface area contributed by atoms with Crippen LogP contribution in [-0.2, 0) is 14.2 Å². The maximum Gasteiger partial charge on any atom is 0.160 e. The summed E-state index contributed by atoms with van der Waals surface area (Å²) in [6.07, 6.45) is 12.1. The molecule has 0 aromatic heterocycles. The number of allylic oxidation sites excluding steroid dienone is 1. The van der Waals surface area contributed by atoms with Crippen molar-refractivity contribution in [2.45, 2.75) is 110 Å². The summed E-state index contributed by atoms with van der Waals surface area (Å²) in [4.78, 5) is 2.49. The number of ether oxygens (including phenoxy) is 3. The third-order valence-electron chi connectivity index (χ3n) is 10.3. The van der Waals surface area contributed by atoms with Crippen molar-refractivity contribution in [2.24, 2.45) is 28.6 Å². The van der Waals surface area contributed by atoms with Crippen molar-refractivity contribution in [2.75, 3.05) is 26.3 Å². The Morgan fingerprint density at radius 1 is 1.09 bits per heavy atom. The van der Waals surface area contributed by atoms with Crippen molar-refractivity contribution in [3.63, 3.8) is 0 Å². The van der Waals surface area contributed by atoms with Crippen LogP contribution in [0.15, 0.2) is 12.2 Å². The van der Waals surface area contributed by atoms with Gasteiger partial charge in [0.1, 0.15) is 0 Å². The van der Waals surface area contributed by atoms with Crippen molar-refractivity contribution in [3.8, 4) is 0 Å². The van der Waals surface area contributed by atoms with Gasteiger partial charge in [0.2, 0.25) is 0 Å². The second-order valence-corrected chi connectivity index (χ2v) is 12.5. The van der Waals surface area contributed by atoms with Gasteiger partial charge in [-0.3, -0.25) is 4.90 Å². The minimum atomic E-state index is 0.0514. The third-order valence-corrected chi connectivity index (χ3v) is 10.3. The fraction of sp³-hybridized carbons (Fsp3) is 0.929. The highest BCUT2D eigenvalue weighted by molar-refractivity contribution is 5.18. The summed E-state index contributed by atoms with van der Waals surface area (Å²) in [5.74, 6) is 1.84. The van der Waals surface area contributed by atoms with E-state index in [9.17, 15) is 0 Å². The second kappa shape index (κ2) is 8.98. The summed E-state index contributed by atoms with van der Waals surface area (Å²) in [5.41, 5.74) is 1.89. The van der Waals surface area contributed by atoms with Crippen LogP contribution >= 0.6 is 0 Å². The van der Waals surface area contributed by atoms with Gasteiger partial charge in [-0.25, -0.2) is 0 Å². The molecule has 0 radical (unpaired) electrons. The smallest absolute Gasteiger partial charge is 0.160 e. The highest BCUT2D eigenvalue weighted by atomic mass is 16.7. The molecule has 2 aliphatic heterocycles. The van der Waals surface area contributed by atoms with E-state index in [1.807, 2.05) is 0 Å². The van der Waals surface area contributed by atoms with E-state index in [0.29, 0.717) is 41.4 Å². The van der Waals surface area contributed by atoms with E-state index in [2.05, 4.69) is 39.2 Å². The Hall–Kier alpha value is -0.420. The Bertz CT molecular complexity index is 682. The molecule has 0 N–H and O–H groups in total. The number of fused-ring (bicyclic) bond motifs is 3. The van der Waals surface area contributed by atoms with Crippen LogP contribution in [-0.4, -0.2) is 55.7 Å². The Kier molecular flexibility index (Phi) is 6.55. The van der Waals surface area contributed by atoms with E-state index in [1.165, 1.54) is 50.5 Å². The van der Waals surface area contributed by atoms with Gasteiger partial charge in [-0.2, -0.15) is 0 Å². The standard InChI is InChI=1S/C28H47NO3/c1-19(2)29-16-22(17-29)30-15-13-23-20(3)10-11-24-27(23,4)14-12-25-28(24,5)18-31-26(32-25)21-8-6-7-9-21/h19,21-26H,3,6-18H2,1-2,4-5H3/t23-,24?,25-,26-,27+,28+/m1/s1. The van der Waals surface area contributed by atoms with E-state index >= 15 is 0 Å². The topological polar surface area (TPSA) is 30.9 Å². The Balaban J connectivity index is 1.22. The second-order valence-electron chi connectivity index (χ2n) is 12.5. The largest absolute Gasteiger partial charge is 0.376 e. The number of nitrogens with zero attached hydrogens (tertiary/aromatic N) is 1. The van der Waals surface area contributed by atoms with Gasteiger partial charge in [-0.1, -0.05) is 38.8 Å². The van der Waals surface area contributed by atoms with Gasteiger partial charge in [-0.05, 0) is 76.0 Å². The number of hydrogen-bond donors (Lipinski definition) is 0. The molecule has 4 nitrogen and oxygen atoms in total. The average molecular weight is 446 g/mol. The fourth-order valence-electron chi connectivity index (χ4n) is 8.21. The molecule has 182 valence electrons. The summed E-state index contributed by atoms with van der Waals surface area (Å²) in [6, 6.07) is 0.636. The van der Waals surface area contributed by atoms with Gasteiger partial charge in [-0.15, -0.1) is 0 Å². The molecule has 4 heteroatoms. The van der Waals surface area contributed by atoms with Crippen LogP contribution in [0.5, 0.6) is 0 Å². The zero-order valence-electron chi connectivity index (χ0n) is 21.1. The zero-order chi connectivity index (χ0) is 22.5. The first-order valence-corrected chi connectivity index (χ1v) is 13.6. The summed E-state index contributed by atoms with van der Waals surface area (Å²) < 4.78 is 19.5. The molecule has 2 saturated heterocycles. The van der Waals surface area contributed by atoms with Gasteiger partial charge in [0.25, 0.3) is 0 Å². The van der Waals surface area contributed by atoms with Crippen LogP contribution in [0.25, 0.3) is 0 Å². The van der Waals surface area contributed by atoms with Crippen LogP contribution in [0.4, 0.5) is 0 Å². The van der Waals surface area contributed by atoms with Crippen molar-refractivity contribution < 1.29 is 14.2 Å². The molecule has 5 aliphatic rings. The van der Waals surface area contributed by atoms with E-state index < -0.39 is 0 Å². The molecule has 5 fully saturated rings. The Morgan fingerprint density at radius 2 is 1.84 bits per heavy atom. The summed E-state index contributed by atoms with van der Waals surface area (Å²) in [5, 5.41) is 0. The number of rotatable bonds is 6. The quantitative estimate of drug-likeness (QED) is 0.483. The molecule has 1 unspecified atom stereocenters. The highest BCUT2D eigenvalue weighted by Gasteiger charge is 2.60. The molecule has 0 aromatic rings. The normalized spacial score (nSPS) is 43.8. The van der Waals surface area contributed by atoms with E-state index in [4.69, 9.17) is 14.2 Å². The molecule has 2 heterocycles. The predicted octanol–water partition coefficient (Wildman–Crippen LogP) is 5.81. The molecule has 0 bridgehead atoms. The first kappa shape index (κ1) is 23.3. The van der Waals surface area contributed by atoms with Crippen LogP contribution in [0.3, 0.4) is 0 Å². The van der Waals surface area contributed by atoms with Gasteiger partial charge in [0.15, 0.2) is 6.29 Å². The van der Waals surface area contributed by atoms with E-state index in [0.717, 1.165) is 39.1 Å². The lowest BCUT2D eigenvalue weighted by Gasteiger charge is -2.63. The maximum absolute atomic E-state index is 6.72. The van der Waals surface area contributed by atoms with Crippen molar-refractivity contribution >= 4 is 0 Å². The summed E-state index contributed by atoms with van der Waals surface area (Å²) in [6.45, 7) is 18.1. The molecule has 32 heavy (non-hydrogen) atoms. The highest BCUT2D eigenvalue weighted by Crippen LogP contribution is 2.63. The summed E-state index contributed by atoms with van der Waals surface area (Å²) >= 11 is 0. The summed E-state index contributed by atoms with van der Waals surface area (Å²) in [7, 11) is 0. The molecule has 0 amide bonds. The van der Waals surface area contributed by atoms with Crippen LogP contribution in [0.2, 0.25) is 0 Å². The minimum Gasteiger partial charge on any atom is -0.376 e. The molecule has 6 atom stereocenters. The molecular formula is C28H47NO3. The van der Waals surface area contributed by atoms with E-state index in [-0.39, 0.29) is 11.7 Å². The van der Waals surface area contributed by atoms with Gasteiger partial charge < -0.3 is 14.2 Å². The Labute approximate surface area is 196 Å². The molecular weight excluding hydrogens is 398 g/mol. The molecule has 3 saturated carbocycles. The SMILES string of the molecule is C=C1CCC2[C@]3(C)CO[C@@H](C4CCCC4)O[C@@H]3CC[C@@]2(C)[C@@H]1CCOC1CN(C(C)C)C1. The number of hydrogen-bond acceptors (Lipinski definition) is 4. The lowest BCUT2D eigenvalue weighted by molar-refractivity contribution is -0.316. The monoisotopic (exact) mass is 445 g/mol. The lowest BCUT2D eigenvalue weighted by atomic mass is 9.46. The maximum atomic E-state index is 6.72. The third kappa shape index (κ3) is 4.01.